The Balaban J connectivity index is 2.15. The highest BCUT2D eigenvalue weighted by atomic mass is 16.6. The van der Waals surface area contributed by atoms with Crippen molar-refractivity contribution in [3.05, 3.63) is 46.8 Å². The molecule has 7 heteroatoms. The summed E-state index contributed by atoms with van der Waals surface area (Å²) in [7, 11) is 1.26. The number of phenols is 2. The number of nitrogens with zero attached hydrogens (tertiary/aromatic N) is 1. The van der Waals surface area contributed by atoms with Crippen LogP contribution in [0.4, 0.5) is 0 Å². The van der Waals surface area contributed by atoms with E-state index in [1.165, 1.54) is 19.4 Å². The van der Waals surface area contributed by atoms with Crippen molar-refractivity contribution in [1.29, 1.82) is 0 Å². The molecule has 0 spiro atoms. The van der Waals surface area contributed by atoms with Crippen molar-refractivity contribution in [2.45, 2.75) is 0 Å². The van der Waals surface area contributed by atoms with E-state index < -0.39 is 11.2 Å². The number of hydrogen-bond acceptors (Lipinski definition) is 7. The lowest BCUT2D eigenvalue weighted by molar-refractivity contribution is 0.335. The van der Waals surface area contributed by atoms with Gasteiger partial charge in [0.1, 0.15) is 11.0 Å². The molecule has 3 aromatic rings. The van der Waals surface area contributed by atoms with Crippen LogP contribution in [0.5, 0.6) is 29.1 Å². The number of fused-ring (bicyclic) bond motifs is 1. The number of ether oxygens (including phenoxy) is 2. The summed E-state index contributed by atoms with van der Waals surface area (Å²) in [5, 5.41) is 19.6. The second-order valence-corrected chi connectivity index (χ2v) is 4.35. The predicted molar refractivity (Wildman–Crippen MR) is 76.7 cm³/mol. The first-order valence-corrected chi connectivity index (χ1v) is 6.26. The maximum atomic E-state index is 12.1. The zero-order chi connectivity index (χ0) is 15.7. The summed E-state index contributed by atoms with van der Waals surface area (Å²) >= 11 is 0. The predicted octanol–water partition coefficient (Wildman–Crippen LogP) is 2.40. The Labute approximate surface area is 124 Å². The number of pyridine rings is 1. The van der Waals surface area contributed by atoms with Crippen molar-refractivity contribution in [3.8, 4) is 29.1 Å². The summed E-state index contributed by atoms with van der Waals surface area (Å²) < 4.78 is 15.5. The molecule has 0 aliphatic rings. The zero-order valence-electron chi connectivity index (χ0n) is 11.4. The van der Waals surface area contributed by atoms with E-state index in [2.05, 4.69) is 4.98 Å². The Morgan fingerprint density at radius 3 is 2.73 bits per heavy atom. The highest BCUT2D eigenvalue weighted by Crippen LogP contribution is 2.41. The van der Waals surface area contributed by atoms with Crippen LogP contribution < -0.4 is 14.9 Å². The summed E-state index contributed by atoms with van der Waals surface area (Å²) in [4.78, 5) is 16.1. The minimum absolute atomic E-state index is 0.0331. The Hall–Kier alpha value is -3.22. The summed E-state index contributed by atoms with van der Waals surface area (Å²) in [5.74, 6) is -0.911. The minimum Gasteiger partial charge on any atom is -0.504 e. The average Bonchev–Trinajstić information content (AvgIpc) is 2.47. The van der Waals surface area contributed by atoms with Gasteiger partial charge in [0.15, 0.2) is 11.5 Å². The van der Waals surface area contributed by atoms with Crippen molar-refractivity contribution < 1.29 is 24.1 Å². The van der Waals surface area contributed by atoms with Crippen molar-refractivity contribution in [2.75, 3.05) is 7.11 Å². The fraction of sp³-hybridized carbons (Fsp3) is 0.0667. The SMILES string of the molecule is COc1c(O)cc2oc(Oc3ccccn3)cc(=O)c2c1O. The zero-order valence-corrected chi connectivity index (χ0v) is 11.4. The normalized spacial score (nSPS) is 10.6. The number of benzene rings is 1. The Bertz CT molecular complexity index is 888. The molecular weight excluding hydrogens is 290 g/mol. The maximum absolute atomic E-state index is 12.1. The summed E-state index contributed by atoms with van der Waals surface area (Å²) in [6.45, 7) is 0. The molecule has 0 unspecified atom stereocenters. The van der Waals surface area contributed by atoms with Crippen LogP contribution in [0.2, 0.25) is 0 Å². The molecule has 3 rings (SSSR count). The lowest BCUT2D eigenvalue weighted by Crippen LogP contribution is -2.02. The van der Waals surface area contributed by atoms with Crippen molar-refractivity contribution in [2.24, 2.45) is 0 Å². The van der Waals surface area contributed by atoms with Gasteiger partial charge in [-0.1, -0.05) is 6.07 Å². The van der Waals surface area contributed by atoms with Gasteiger partial charge < -0.3 is 24.1 Å². The number of aromatic hydroxyl groups is 2. The first-order valence-electron chi connectivity index (χ1n) is 6.26. The molecule has 0 radical (unpaired) electrons. The van der Waals surface area contributed by atoms with Crippen LogP contribution in [0, 0.1) is 0 Å². The second-order valence-electron chi connectivity index (χ2n) is 4.35. The molecule has 7 nitrogen and oxygen atoms in total. The first kappa shape index (κ1) is 13.7. The van der Waals surface area contributed by atoms with Crippen LogP contribution in [0.1, 0.15) is 0 Å². The van der Waals surface area contributed by atoms with Crippen LogP contribution in [0.25, 0.3) is 11.0 Å². The van der Waals surface area contributed by atoms with Gasteiger partial charge in [-0.25, -0.2) is 4.98 Å². The molecule has 0 saturated heterocycles. The third kappa shape index (κ3) is 2.28. The Kier molecular flexibility index (Phi) is 3.30. The van der Waals surface area contributed by atoms with Gasteiger partial charge in [-0.15, -0.1) is 0 Å². The molecule has 0 atom stereocenters. The molecule has 0 aliphatic carbocycles. The highest BCUT2D eigenvalue weighted by molar-refractivity contribution is 5.88. The van der Waals surface area contributed by atoms with Gasteiger partial charge in [0.2, 0.25) is 17.1 Å². The standard InChI is InChI=1S/C15H11NO6/c1-20-15-9(18)6-10-13(14(15)19)8(17)7-12(21-10)22-11-4-2-3-5-16-11/h2-7,18-19H,1H3. The van der Waals surface area contributed by atoms with E-state index in [1.807, 2.05) is 0 Å². The summed E-state index contributed by atoms with van der Waals surface area (Å²) in [6.07, 6.45) is 1.52. The van der Waals surface area contributed by atoms with E-state index in [1.54, 1.807) is 18.2 Å². The monoisotopic (exact) mass is 301 g/mol. The van der Waals surface area contributed by atoms with Crippen LogP contribution >= 0.6 is 0 Å². The summed E-state index contributed by atoms with van der Waals surface area (Å²) in [6, 6.07) is 7.26. The van der Waals surface area contributed by atoms with Crippen LogP contribution in [-0.2, 0) is 0 Å². The van der Waals surface area contributed by atoms with Gasteiger partial charge >= 0.3 is 0 Å². The highest BCUT2D eigenvalue weighted by Gasteiger charge is 2.18. The molecule has 2 aromatic heterocycles. The fourth-order valence-corrected chi connectivity index (χ4v) is 2.01. The lowest BCUT2D eigenvalue weighted by atomic mass is 10.2. The van der Waals surface area contributed by atoms with Gasteiger partial charge in [-0.3, -0.25) is 4.79 Å². The largest absolute Gasteiger partial charge is 0.504 e. The van der Waals surface area contributed by atoms with E-state index in [0.29, 0.717) is 0 Å². The second kappa shape index (κ2) is 5.28. The van der Waals surface area contributed by atoms with Crippen LogP contribution in [0.15, 0.2) is 45.7 Å². The molecule has 112 valence electrons. The van der Waals surface area contributed by atoms with E-state index in [4.69, 9.17) is 13.9 Å². The lowest BCUT2D eigenvalue weighted by Gasteiger charge is -2.09. The molecule has 2 N–H and O–H groups in total. The number of rotatable bonds is 3. The van der Waals surface area contributed by atoms with Crippen molar-refractivity contribution in [3.63, 3.8) is 0 Å². The molecule has 22 heavy (non-hydrogen) atoms. The van der Waals surface area contributed by atoms with E-state index in [9.17, 15) is 15.0 Å². The van der Waals surface area contributed by atoms with Crippen molar-refractivity contribution >= 4 is 11.0 Å². The van der Waals surface area contributed by atoms with Gasteiger partial charge in [-0.05, 0) is 6.07 Å². The number of hydrogen-bond donors (Lipinski definition) is 2. The average molecular weight is 301 g/mol. The molecule has 2 heterocycles. The maximum Gasteiger partial charge on any atom is 0.295 e. The molecule has 1 aromatic carbocycles. The van der Waals surface area contributed by atoms with E-state index in [0.717, 1.165) is 6.07 Å². The van der Waals surface area contributed by atoms with Gasteiger partial charge in [-0.2, -0.15) is 0 Å². The first-order chi connectivity index (χ1) is 10.6. The molecule has 0 fully saturated rings. The number of phenolic OH excluding ortho intramolecular Hbond substituents is 2. The Morgan fingerprint density at radius 1 is 1.23 bits per heavy atom. The third-order valence-electron chi connectivity index (χ3n) is 2.95. The van der Waals surface area contributed by atoms with Gasteiger partial charge in [0.05, 0.1) is 13.2 Å². The topological polar surface area (TPSA) is 102 Å². The Morgan fingerprint density at radius 2 is 2.05 bits per heavy atom. The van der Waals surface area contributed by atoms with Gasteiger partial charge in [0.25, 0.3) is 5.95 Å². The molecule has 0 saturated carbocycles. The van der Waals surface area contributed by atoms with Crippen LogP contribution in [0.3, 0.4) is 0 Å². The van der Waals surface area contributed by atoms with Crippen LogP contribution in [-0.4, -0.2) is 22.3 Å². The number of methoxy groups -OCH3 is 1. The summed E-state index contributed by atoms with van der Waals surface area (Å²) in [5.41, 5.74) is -0.572. The molecule has 0 aliphatic heterocycles. The minimum atomic E-state index is -0.539. The van der Waals surface area contributed by atoms with E-state index in [-0.39, 0.29) is 34.3 Å². The van der Waals surface area contributed by atoms with Crippen molar-refractivity contribution in [1.82, 2.24) is 4.98 Å². The molecule has 0 bridgehead atoms. The van der Waals surface area contributed by atoms with Gasteiger partial charge in [0, 0.05) is 18.3 Å². The fourth-order valence-electron chi connectivity index (χ4n) is 2.01. The molecule has 0 amide bonds. The number of aromatic nitrogens is 1. The molecular formula is C15H11NO6. The smallest absolute Gasteiger partial charge is 0.295 e. The van der Waals surface area contributed by atoms with E-state index >= 15 is 0 Å². The third-order valence-corrected chi connectivity index (χ3v) is 2.95. The quantitative estimate of drug-likeness (QED) is 0.765.